The Bertz CT molecular complexity index is 1400. The highest BCUT2D eigenvalue weighted by molar-refractivity contribution is 5.76. The molecule has 0 bridgehead atoms. The number of benzene rings is 1. The van der Waals surface area contributed by atoms with Crippen molar-refractivity contribution in [1.29, 1.82) is 0 Å². The lowest BCUT2D eigenvalue weighted by atomic mass is 10.1. The Morgan fingerprint density at radius 1 is 1.18 bits per heavy atom. The van der Waals surface area contributed by atoms with Crippen LogP contribution in [0.2, 0.25) is 0 Å². The maximum absolute atomic E-state index is 13.6. The zero-order valence-electron chi connectivity index (χ0n) is 19.5. The number of para-hydroxylation sites is 1. The maximum Gasteiger partial charge on any atom is 0.303 e. The summed E-state index contributed by atoms with van der Waals surface area (Å²) in [5, 5.41) is 13.0. The molecule has 0 fully saturated rings. The Labute approximate surface area is 196 Å². The molecule has 0 radical (unpaired) electrons. The molecule has 0 aliphatic rings. The van der Waals surface area contributed by atoms with Crippen LogP contribution in [0.25, 0.3) is 22.4 Å². The molecule has 0 spiro atoms. The molecule has 3 heterocycles. The quantitative estimate of drug-likeness (QED) is 0.416. The molecule has 0 unspecified atom stereocenters. The number of carbonyl (C=O) groups is 1. The average Bonchev–Trinajstić information content (AvgIpc) is 3.16. The van der Waals surface area contributed by atoms with Gasteiger partial charge in [0.25, 0.3) is 5.56 Å². The molecule has 0 aliphatic heterocycles. The minimum absolute atomic E-state index is 0.0373. The number of carboxylic acid groups (broad SMARTS) is 1. The number of methoxy groups -OCH3 is 1. The molecule has 9 heteroatoms. The summed E-state index contributed by atoms with van der Waals surface area (Å²) < 4.78 is 12.5. The van der Waals surface area contributed by atoms with E-state index in [1.807, 2.05) is 57.2 Å². The van der Waals surface area contributed by atoms with Crippen molar-refractivity contribution in [2.24, 2.45) is 0 Å². The first-order chi connectivity index (χ1) is 16.3. The van der Waals surface area contributed by atoms with Crippen molar-refractivity contribution in [1.82, 2.24) is 19.7 Å². The minimum atomic E-state index is -0.908. The summed E-state index contributed by atoms with van der Waals surface area (Å²) in [6.07, 6.45) is 0.534. The van der Waals surface area contributed by atoms with Crippen LogP contribution in [0, 0.1) is 13.8 Å². The van der Waals surface area contributed by atoms with Crippen LogP contribution >= 0.6 is 0 Å². The lowest BCUT2D eigenvalue weighted by Crippen LogP contribution is -2.29. The molecule has 176 valence electrons. The van der Waals surface area contributed by atoms with Gasteiger partial charge in [-0.3, -0.25) is 14.2 Å². The zero-order chi connectivity index (χ0) is 24.4. The Morgan fingerprint density at radius 2 is 1.94 bits per heavy atom. The fourth-order valence-electron chi connectivity index (χ4n) is 4.20. The van der Waals surface area contributed by atoms with Gasteiger partial charge in [0.1, 0.15) is 22.7 Å². The first-order valence-electron chi connectivity index (χ1n) is 11.0. The van der Waals surface area contributed by atoms with E-state index in [0.717, 1.165) is 11.1 Å². The number of hydrogen-bond donors (Lipinski definition) is 1. The summed E-state index contributed by atoms with van der Waals surface area (Å²) in [5.41, 5.74) is 3.89. The number of carboxylic acids is 1. The number of ether oxygens (including phenoxy) is 1. The Balaban J connectivity index is 1.94. The van der Waals surface area contributed by atoms with E-state index >= 15 is 0 Å². The van der Waals surface area contributed by atoms with E-state index in [-0.39, 0.29) is 18.4 Å². The van der Waals surface area contributed by atoms with Gasteiger partial charge in [0, 0.05) is 12.0 Å². The summed E-state index contributed by atoms with van der Waals surface area (Å²) in [4.78, 5) is 34.0. The topological polar surface area (TPSA) is 120 Å². The number of hydrogen-bond acceptors (Lipinski definition) is 7. The van der Waals surface area contributed by atoms with E-state index in [1.165, 1.54) is 0 Å². The molecule has 3 aromatic heterocycles. The van der Waals surface area contributed by atoms with Crippen molar-refractivity contribution in [3.63, 3.8) is 0 Å². The molecule has 0 saturated heterocycles. The highest BCUT2D eigenvalue weighted by Gasteiger charge is 2.22. The standard InChI is InChI=1S/C25H26N4O5/c1-14-23(16(3)34-28-14)18-12-13-19-24(27-18)29(15(2)17-8-5-6-10-21(17)33-4)25(32)20(26-19)9-7-11-22(30)31/h5-6,8,10,12-13,15H,7,9,11H2,1-4H3,(H,30,31)/t15-/m0/s1. The van der Waals surface area contributed by atoms with Gasteiger partial charge < -0.3 is 14.4 Å². The van der Waals surface area contributed by atoms with Crippen molar-refractivity contribution in [2.75, 3.05) is 7.11 Å². The molecule has 1 aromatic carbocycles. The lowest BCUT2D eigenvalue weighted by Gasteiger charge is -2.21. The van der Waals surface area contributed by atoms with E-state index < -0.39 is 12.0 Å². The first-order valence-corrected chi connectivity index (χ1v) is 11.0. The van der Waals surface area contributed by atoms with Crippen molar-refractivity contribution < 1.29 is 19.2 Å². The molecule has 0 aliphatic carbocycles. The van der Waals surface area contributed by atoms with E-state index in [4.69, 9.17) is 19.4 Å². The van der Waals surface area contributed by atoms with Crippen molar-refractivity contribution in [3.8, 4) is 17.0 Å². The minimum Gasteiger partial charge on any atom is -0.496 e. The van der Waals surface area contributed by atoms with Gasteiger partial charge >= 0.3 is 5.97 Å². The van der Waals surface area contributed by atoms with Gasteiger partial charge in [0.05, 0.1) is 30.1 Å². The van der Waals surface area contributed by atoms with Crippen LogP contribution in [-0.4, -0.2) is 37.9 Å². The Kier molecular flexibility index (Phi) is 6.45. The van der Waals surface area contributed by atoms with Crippen LogP contribution in [0.4, 0.5) is 0 Å². The molecule has 34 heavy (non-hydrogen) atoms. The maximum atomic E-state index is 13.6. The van der Waals surface area contributed by atoms with E-state index in [2.05, 4.69) is 10.1 Å². The van der Waals surface area contributed by atoms with Crippen LogP contribution in [0.1, 0.15) is 48.5 Å². The molecule has 9 nitrogen and oxygen atoms in total. The largest absolute Gasteiger partial charge is 0.496 e. The fraction of sp³-hybridized carbons (Fsp3) is 0.320. The molecule has 1 atom stereocenters. The number of aliphatic carboxylic acids is 1. The summed E-state index contributed by atoms with van der Waals surface area (Å²) in [6, 6.07) is 10.7. The first kappa shape index (κ1) is 23.2. The fourth-order valence-corrected chi connectivity index (χ4v) is 4.20. The number of aromatic nitrogens is 4. The second-order valence-corrected chi connectivity index (χ2v) is 8.14. The van der Waals surface area contributed by atoms with Crippen LogP contribution in [0.15, 0.2) is 45.7 Å². The predicted molar refractivity (Wildman–Crippen MR) is 126 cm³/mol. The number of rotatable bonds is 8. The van der Waals surface area contributed by atoms with Crippen LogP contribution < -0.4 is 10.3 Å². The molecule has 1 N–H and O–H groups in total. The van der Waals surface area contributed by atoms with E-state index in [1.54, 1.807) is 11.7 Å². The van der Waals surface area contributed by atoms with Gasteiger partial charge in [0.2, 0.25) is 0 Å². The highest BCUT2D eigenvalue weighted by Crippen LogP contribution is 2.30. The van der Waals surface area contributed by atoms with Crippen LogP contribution in [0.3, 0.4) is 0 Å². The predicted octanol–water partition coefficient (Wildman–Crippen LogP) is 4.09. The SMILES string of the molecule is COc1ccccc1[C@H](C)n1c(=O)c(CCCC(=O)O)nc2ccc(-c3c(C)noc3C)nc21. The number of pyridine rings is 1. The molecule has 4 aromatic rings. The van der Waals surface area contributed by atoms with Crippen LogP contribution in [-0.2, 0) is 11.2 Å². The van der Waals surface area contributed by atoms with E-state index in [9.17, 15) is 9.59 Å². The molecule has 0 saturated carbocycles. The Hall–Kier alpha value is -4.01. The van der Waals surface area contributed by atoms with Gasteiger partial charge in [-0.15, -0.1) is 0 Å². The number of fused-ring (bicyclic) bond motifs is 1. The van der Waals surface area contributed by atoms with Crippen LogP contribution in [0.5, 0.6) is 5.75 Å². The second kappa shape index (κ2) is 9.46. The second-order valence-electron chi connectivity index (χ2n) is 8.14. The van der Waals surface area contributed by atoms with Gasteiger partial charge in [-0.1, -0.05) is 23.4 Å². The third-order valence-corrected chi connectivity index (χ3v) is 5.87. The van der Waals surface area contributed by atoms with Gasteiger partial charge in [-0.05, 0) is 51.8 Å². The summed E-state index contributed by atoms with van der Waals surface area (Å²) in [7, 11) is 1.59. The lowest BCUT2D eigenvalue weighted by molar-refractivity contribution is -0.137. The normalized spacial score (nSPS) is 12.1. The summed E-state index contributed by atoms with van der Waals surface area (Å²) >= 11 is 0. The monoisotopic (exact) mass is 462 g/mol. The molecule has 4 rings (SSSR count). The zero-order valence-corrected chi connectivity index (χ0v) is 19.5. The van der Waals surface area contributed by atoms with Gasteiger partial charge in [-0.2, -0.15) is 0 Å². The van der Waals surface area contributed by atoms with Gasteiger partial charge in [0.15, 0.2) is 5.65 Å². The van der Waals surface area contributed by atoms with E-state index in [0.29, 0.717) is 46.2 Å². The Morgan fingerprint density at radius 3 is 2.62 bits per heavy atom. The third kappa shape index (κ3) is 4.28. The number of nitrogens with zero attached hydrogens (tertiary/aromatic N) is 4. The molecule has 0 amide bonds. The van der Waals surface area contributed by atoms with Crippen molar-refractivity contribution in [3.05, 3.63) is 69.5 Å². The molecular formula is C25H26N4O5. The van der Waals surface area contributed by atoms with Crippen molar-refractivity contribution >= 4 is 17.1 Å². The average molecular weight is 463 g/mol. The number of aryl methyl sites for hydroxylation is 3. The summed E-state index contributed by atoms with van der Waals surface area (Å²) in [6.45, 7) is 5.56. The molecular weight excluding hydrogens is 436 g/mol. The summed E-state index contributed by atoms with van der Waals surface area (Å²) in [5.74, 6) is 0.379. The third-order valence-electron chi connectivity index (χ3n) is 5.87. The van der Waals surface area contributed by atoms with Gasteiger partial charge in [-0.25, -0.2) is 9.97 Å². The van der Waals surface area contributed by atoms with Crippen molar-refractivity contribution in [2.45, 2.75) is 46.1 Å². The highest BCUT2D eigenvalue weighted by atomic mass is 16.5. The smallest absolute Gasteiger partial charge is 0.303 e.